The smallest absolute Gasteiger partial charge is 0.338 e. The van der Waals surface area contributed by atoms with Gasteiger partial charge in [-0.2, -0.15) is 0 Å². The van der Waals surface area contributed by atoms with E-state index in [1.54, 1.807) is 25.5 Å². The summed E-state index contributed by atoms with van der Waals surface area (Å²) in [7, 11) is 1.55. The lowest BCUT2D eigenvalue weighted by Gasteiger charge is -2.17. The molecular weight excluding hydrogens is 440 g/mol. The van der Waals surface area contributed by atoms with Crippen molar-refractivity contribution in [1.29, 1.82) is 0 Å². The number of benzene rings is 1. The third-order valence-corrected chi connectivity index (χ3v) is 5.56. The fraction of sp³-hybridized carbons (Fsp3) is 0.500. The minimum Gasteiger partial charge on any atom is -0.470 e. The molecule has 0 N–H and O–H groups in total. The van der Waals surface area contributed by atoms with E-state index in [1.807, 2.05) is 25.3 Å². The second-order valence-electron chi connectivity index (χ2n) is 5.64. The number of carbonyl (C=O) groups is 2. The minimum atomic E-state index is -0.511. The van der Waals surface area contributed by atoms with Gasteiger partial charge in [0.05, 0.1) is 11.7 Å². The number of rotatable bonds is 5. The van der Waals surface area contributed by atoms with Gasteiger partial charge in [-0.15, -0.1) is 0 Å². The van der Waals surface area contributed by atoms with Gasteiger partial charge in [0.25, 0.3) is 0 Å². The third-order valence-electron chi connectivity index (χ3n) is 3.63. The topological polar surface area (TPSA) is 71.1 Å². The second-order valence-corrected chi connectivity index (χ2v) is 8.54. The Kier molecular flexibility index (Phi) is 12.1. The predicted molar refractivity (Wildman–Crippen MR) is 121 cm³/mol. The molecule has 6 nitrogen and oxygen atoms in total. The van der Waals surface area contributed by atoms with Crippen molar-refractivity contribution in [3.63, 3.8) is 0 Å². The number of aryl methyl sites for hydroxylation is 1. The van der Waals surface area contributed by atoms with Crippen molar-refractivity contribution in [2.75, 3.05) is 26.2 Å². The van der Waals surface area contributed by atoms with Gasteiger partial charge in [-0.25, -0.2) is 4.79 Å². The average molecular weight is 465 g/mol. The van der Waals surface area contributed by atoms with Crippen molar-refractivity contribution < 1.29 is 28.5 Å². The van der Waals surface area contributed by atoms with E-state index in [0.717, 1.165) is 17.3 Å². The van der Waals surface area contributed by atoms with Crippen LogP contribution in [0.2, 0.25) is 0 Å². The van der Waals surface area contributed by atoms with E-state index in [0.29, 0.717) is 16.4 Å². The largest absolute Gasteiger partial charge is 0.470 e. The lowest BCUT2D eigenvalue weighted by atomic mass is 10.1. The number of thiocarbonyl (C=S) groups is 1. The molecule has 3 atom stereocenters. The normalized spacial score (nSPS) is 20.7. The zero-order valence-electron chi connectivity index (χ0n) is 16.1. The average Bonchev–Trinajstić information content (AvgIpc) is 3.08. The molecule has 1 aromatic carbocycles. The maximum absolute atomic E-state index is 12.0. The lowest BCUT2D eigenvalue weighted by Crippen LogP contribution is -2.27. The second kappa shape index (κ2) is 13.4. The first kappa shape index (κ1) is 25.3. The van der Waals surface area contributed by atoms with Gasteiger partial charge >= 0.3 is 5.97 Å². The summed E-state index contributed by atoms with van der Waals surface area (Å²) in [6.07, 6.45) is 3.02. The molecule has 1 aliphatic rings. The Morgan fingerprint density at radius 1 is 1.25 bits per heavy atom. The highest BCUT2D eigenvalue weighted by Crippen LogP contribution is 2.26. The van der Waals surface area contributed by atoms with Gasteiger partial charge in [-0.1, -0.05) is 53.8 Å². The molecule has 1 fully saturated rings. The molecule has 0 aliphatic carbocycles. The van der Waals surface area contributed by atoms with Gasteiger partial charge in [-0.05, 0) is 43.8 Å². The van der Waals surface area contributed by atoms with Crippen molar-refractivity contribution in [2.24, 2.45) is 0 Å². The van der Waals surface area contributed by atoms with Crippen molar-refractivity contribution in [3.8, 4) is 0 Å². The molecule has 156 valence electrons. The van der Waals surface area contributed by atoms with Crippen LogP contribution in [0.3, 0.4) is 0 Å². The molecular formula is C18H24O6S4. The van der Waals surface area contributed by atoms with Crippen molar-refractivity contribution in [2.45, 2.75) is 31.8 Å². The van der Waals surface area contributed by atoms with Crippen LogP contribution < -0.4 is 0 Å². The van der Waals surface area contributed by atoms with Crippen molar-refractivity contribution in [1.82, 2.24) is 0 Å². The van der Waals surface area contributed by atoms with Gasteiger partial charge in [0.1, 0.15) is 6.61 Å². The molecule has 2 rings (SSSR count). The summed E-state index contributed by atoms with van der Waals surface area (Å²) in [6, 6.07) is 7.23. The highest BCUT2D eigenvalue weighted by atomic mass is 32.2. The van der Waals surface area contributed by atoms with E-state index in [2.05, 4.69) is 12.6 Å². The molecule has 0 aromatic heterocycles. The van der Waals surface area contributed by atoms with E-state index < -0.39 is 6.29 Å². The number of thiol groups is 1. The molecule has 0 bridgehead atoms. The van der Waals surface area contributed by atoms with Gasteiger partial charge in [0.15, 0.2) is 12.4 Å². The number of esters is 1. The molecule has 1 aliphatic heterocycles. The summed E-state index contributed by atoms with van der Waals surface area (Å²) < 4.78 is 22.2. The molecule has 10 heteroatoms. The Balaban J connectivity index is 0.000000696. The molecule has 0 spiro atoms. The zero-order chi connectivity index (χ0) is 21.1. The highest BCUT2D eigenvalue weighted by molar-refractivity contribution is 8.31. The summed E-state index contributed by atoms with van der Waals surface area (Å²) in [4.78, 5) is 21.6. The summed E-state index contributed by atoms with van der Waals surface area (Å²) in [5, 5.41) is 0. The van der Waals surface area contributed by atoms with E-state index in [4.69, 9.17) is 31.2 Å². The summed E-state index contributed by atoms with van der Waals surface area (Å²) in [5.41, 5.74) is 1.61. The Morgan fingerprint density at radius 2 is 1.86 bits per heavy atom. The first-order valence-corrected chi connectivity index (χ1v) is 11.5. The van der Waals surface area contributed by atoms with Crippen LogP contribution in [0.4, 0.5) is 4.79 Å². The number of carbonyl (C=O) groups excluding carboxylic acids is 2. The van der Waals surface area contributed by atoms with Crippen molar-refractivity contribution in [3.05, 3.63) is 35.4 Å². The Bertz CT molecular complexity index is 652. The van der Waals surface area contributed by atoms with E-state index >= 15 is 0 Å². The highest BCUT2D eigenvalue weighted by Gasteiger charge is 2.38. The number of thioether (sulfide) groups is 2. The summed E-state index contributed by atoms with van der Waals surface area (Å²) in [6.45, 7) is 2.12. The predicted octanol–water partition coefficient (Wildman–Crippen LogP) is 4.35. The first-order chi connectivity index (χ1) is 13.3. The quantitative estimate of drug-likeness (QED) is 0.389. The molecule has 0 saturated carbocycles. The maximum Gasteiger partial charge on any atom is 0.338 e. The van der Waals surface area contributed by atoms with E-state index in [9.17, 15) is 9.59 Å². The molecule has 28 heavy (non-hydrogen) atoms. The van der Waals surface area contributed by atoms with Gasteiger partial charge < -0.3 is 18.9 Å². The summed E-state index contributed by atoms with van der Waals surface area (Å²) >= 11 is 10.9. The molecule has 1 saturated heterocycles. The van der Waals surface area contributed by atoms with Crippen LogP contribution in [0, 0.1) is 6.92 Å². The van der Waals surface area contributed by atoms with E-state index in [-0.39, 0.29) is 29.2 Å². The molecule has 1 heterocycles. The van der Waals surface area contributed by atoms with Crippen molar-refractivity contribution >= 4 is 63.2 Å². The number of hydrogen-bond donors (Lipinski definition) is 1. The SMILES string of the molecule is CO[C@@H]1OC(COC(=O)c2ccc(C)cc2)C[C@H]1OC(=S)SC.CSC(=O)S. The van der Waals surface area contributed by atoms with Crippen LogP contribution >= 0.6 is 48.4 Å². The minimum absolute atomic E-state index is 0.134. The fourth-order valence-electron chi connectivity index (χ4n) is 2.23. The molecule has 1 aromatic rings. The van der Waals surface area contributed by atoms with Gasteiger partial charge in [0.2, 0.25) is 8.83 Å². The van der Waals surface area contributed by atoms with Gasteiger partial charge in [-0.3, -0.25) is 4.79 Å². The Hall–Kier alpha value is -0.780. The van der Waals surface area contributed by atoms with Gasteiger partial charge in [0, 0.05) is 13.5 Å². The monoisotopic (exact) mass is 464 g/mol. The third kappa shape index (κ3) is 9.15. The lowest BCUT2D eigenvalue weighted by molar-refractivity contribution is -0.150. The standard InChI is InChI=1S/C16H20O5S2.C2H4OS2/c1-10-4-6-11(7-5-10)14(17)19-9-12-8-13(15(18-2)20-12)21-16(22)23-3;1-5-2(3)4/h4-7,12-13,15H,8-9H2,1-3H3;1H3,(H,3,4)/t12?,13-,15-;/m1./s1. The first-order valence-electron chi connectivity index (χ1n) is 8.24. The molecule has 0 radical (unpaired) electrons. The number of hydrogen-bond acceptors (Lipinski definition) is 9. The Labute approximate surface area is 184 Å². The number of methoxy groups -OCH3 is 1. The zero-order valence-corrected chi connectivity index (χ0v) is 19.4. The van der Waals surface area contributed by atoms with Crippen LogP contribution in [-0.4, -0.2) is 59.5 Å². The van der Waals surface area contributed by atoms with Crippen LogP contribution in [0.5, 0.6) is 0 Å². The fourth-order valence-corrected chi connectivity index (χ4v) is 2.58. The van der Waals surface area contributed by atoms with E-state index in [1.165, 1.54) is 11.8 Å². The van der Waals surface area contributed by atoms with Crippen LogP contribution in [0.25, 0.3) is 0 Å². The Morgan fingerprint density at radius 3 is 2.36 bits per heavy atom. The summed E-state index contributed by atoms with van der Waals surface area (Å²) in [5.74, 6) is -0.369. The van der Waals surface area contributed by atoms with Crippen LogP contribution in [0.1, 0.15) is 22.3 Å². The van der Waals surface area contributed by atoms with Crippen LogP contribution in [0.15, 0.2) is 24.3 Å². The number of ether oxygens (including phenoxy) is 4. The molecule has 1 unspecified atom stereocenters. The molecule has 0 amide bonds. The maximum atomic E-state index is 12.0. The van der Waals surface area contributed by atoms with Crippen LogP contribution in [-0.2, 0) is 18.9 Å².